The summed E-state index contributed by atoms with van der Waals surface area (Å²) in [7, 11) is -0.652. The lowest BCUT2D eigenvalue weighted by Crippen LogP contribution is -2.51. The maximum absolute atomic E-state index is 11.1. The van der Waals surface area contributed by atoms with Crippen LogP contribution in [0.25, 0.3) is 0 Å². The molecule has 1 heterocycles. The van der Waals surface area contributed by atoms with Crippen molar-refractivity contribution in [1.29, 1.82) is 0 Å². The van der Waals surface area contributed by atoms with E-state index in [9.17, 15) is 4.21 Å². The molecule has 1 aromatic rings. The van der Waals surface area contributed by atoms with E-state index < -0.39 is 10.8 Å². The Hall–Kier alpha value is -0.710. The molecule has 0 saturated carbocycles. The zero-order valence-corrected chi connectivity index (χ0v) is 12.5. The van der Waals surface area contributed by atoms with Crippen LogP contribution in [0.3, 0.4) is 0 Å². The highest BCUT2D eigenvalue weighted by Crippen LogP contribution is 2.08. The third-order valence-corrected chi connectivity index (χ3v) is 4.43. The summed E-state index contributed by atoms with van der Waals surface area (Å²) >= 11 is 0. The van der Waals surface area contributed by atoms with E-state index >= 15 is 0 Å². The predicted octanol–water partition coefficient (Wildman–Crippen LogP) is 1.27. The summed E-state index contributed by atoms with van der Waals surface area (Å²) < 4.78 is 11.1. The molecule has 0 radical (unpaired) electrons. The van der Waals surface area contributed by atoms with Crippen LogP contribution in [-0.4, -0.2) is 53.3 Å². The number of nitrogens with one attached hydrogen (secondary N) is 1. The standard InChI is InChI=1S/C15H24N2OS/c1-19(18)11-5-9-17-10-8-16-15(13-17)12-14-6-3-2-4-7-14/h2-4,6-7,15-16H,5,8-13H2,1H3. The van der Waals surface area contributed by atoms with Gasteiger partial charge in [-0.25, -0.2) is 0 Å². The molecule has 2 atom stereocenters. The first-order valence-electron chi connectivity index (χ1n) is 7.04. The molecule has 2 rings (SSSR count). The van der Waals surface area contributed by atoms with Crippen LogP contribution < -0.4 is 5.32 Å². The van der Waals surface area contributed by atoms with Crippen LogP contribution >= 0.6 is 0 Å². The van der Waals surface area contributed by atoms with Gasteiger partial charge in [0.2, 0.25) is 0 Å². The first-order chi connectivity index (χ1) is 9.24. The van der Waals surface area contributed by atoms with E-state index in [-0.39, 0.29) is 0 Å². The van der Waals surface area contributed by atoms with Gasteiger partial charge in [0, 0.05) is 48.5 Å². The fourth-order valence-corrected chi connectivity index (χ4v) is 3.16. The molecule has 0 spiro atoms. The highest BCUT2D eigenvalue weighted by molar-refractivity contribution is 7.84. The van der Waals surface area contributed by atoms with Crippen LogP contribution in [0, 0.1) is 0 Å². The minimum absolute atomic E-state index is 0.545. The summed E-state index contributed by atoms with van der Waals surface area (Å²) in [5.74, 6) is 0.827. The summed E-state index contributed by atoms with van der Waals surface area (Å²) in [6.45, 7) is 4.35. The van der Waals surface area contributed by atoms with E-state index in [1.54, 1.807) is 6.26 Å². The molecule has 1 aliphatic rings. The van der Waals surface area contributed by atoms with Crippen molar-refractivity contribution < 1.29 is 4.21 Å². The molecule has 19 heavy (non-hydrogen) atoms. The molecular formula is C15H24N2OS. The van der Waals surface area contributed by atoms with Crippen molar-refractivity contribution in [3.63, 3.8) is 0 Å². The fraction of sp³-hybridized carbons (Fsp3) is 0.600. The lowest BCUT2D eigenvalue weighted by atomic mass is 10.0. The molecular weight excluding hydrogens is 256 g/mol. The second-order valence-electron chi connectivity index (χ2n) is 5.27. The van der Waals surface area contributed by atoms with Crippen molar-refractivity contribution in [2.24, 2.45) is 0 Å². The molecule has 0 aliphatic carbocycles. The van der Waals surface area contributed by atoms with Gasteiger partial charge in [0.05, 0.1) is 0 Å². The smallest absolute Gasteiger partial charge is 0.0244 e. The van der Waals surface area contributed by atoms with Gasteiger partial charge in [-0.05, 0) is 24.9 Å². The van der Waals surface area contributed by atoms with Gasteiger partial charge in [0.1, 0.15) is 0 Å². The topological polar surface area (TPSA) is 32.3 Å². The van der Waals surface area contributed by atoms with Crippen molar-refractivity contribution in [2.45, 2.75) is 18.9 Å². The Morgan fingerprint density at radius 3 is 2.89 bits per heavy atom. The van der Waals surface area contributed by atoms with Crippen molar-refractivity contribution in [3.8, 4) is 0 Å². The van der Waals surface area contributed by atoms with Crippen molar-refractivity contribution in [2.75, 3.05) is 38.2 Å². The van der Waals surface area contributed by atoms with Gasteiger partial charge in [0.15, 0.2) is 0 Å². The van der Waals surface area contributed by atoms with Crippen LogP contribution in [0.15, 0.2) is 30.3 Å². The van der Waals surface area contributed by atoms with E-state index in [0.717, 1.165) is 44.8 Å². The minimum atomic E-state index is -0.652. The van der Waals surface area contributed by atoms with Crippen LogP contribution in [-0.2, 0) is 17.2 Å². The Balaban J connectivity index is 1.75. The van der Waals surface area contributed by atoms with Crippen LogP contribution in [0.2, 0.25) is 0 Å². The number of nitrogens with zero attached hydrogens (tertiary/aromatic N) is 1. The largest absolute Gasteiger partial charge is 0.311 e. The van der Waals surface area contributed by atoms with Crippen LogP contribution in [0.4, 0.5) is 0 Å². The molecule has 1 saturated heterocycles. The number of rotatable bonds is 6. The molecule has 1 aromatic carbocycles. The molecule has 1 aliphatic heterocycles. The van der Waals surface area contributed by atoms with Gasteiger partial charge in [-0.15, -0.1) is 0 Å². The highest BCUT2D eigenvalue weighted by Gasteiger charge is 2.18. The molecule has 1 fully saturated rings. The lowest BCUT2D eigenvalue weighted by Gasteiger charge is -2.33. The second-order valence-corrected chi connectivity index (χ2v) is 6.83. The molecule has 1 N–H and O–H groups in total. The first-order valence-corrected chi connectivity index (χ1v) is 8.76. The van der Waals surface area contributed by atoms with Crippen LogP contribution in [0.1, 0.15) is 12.0 Å². The van der Waals surface area contributed by atoms with Gasteiger partial charge in [-0.2, -0.15) is 0 Å². The fourth-order valence-electron chi connectivity index (χ4n) is 2.62. The zero-order valence-electron chi connectivity index (χ0n) is 11.7. The molecule has 3 nitrogen and oxygen atoms in total. The van der Waals surface area contributed by atoms with Crippen LogP contribution in [0.5, 0.6) is 0 Å². The maximum atomic E-state index is 11.1. The molecule has 0 amide bonds. The quantitative estimate of drug-likeness (QED) is 0.852. The van der Waals surface area contributed by atoms with Crippen molar-refractivity contribution >= 4 is 10.8 Å². The van der Waals surface area contributed by atoms with E-state index in [1.807, 2.05) is 0 Å². The highest BCUT2D eigenvalue weighted by atomic mass is 32.2. The summed E-state index contributed by atoms with van der Waals surface area (Å²) in [4.78, 5) is 2.50. The summed E-state index contributed by atoms with van der Waals surface area (Å²) in [5, 5.41) is 3.60. The Morgan fingerprint density at radius 1 is 1.37 bits per heavy atom. The van der Waals surface area contributed by atoms with Gasteiger partial charge < -0.3 is 10.2 Å². The first kappa shape index (κ1) is 14.7. The van der Waals surface area contributed by atoms with E-state index in [0.29, 0.717) is 6.04 Å². The number of piperazine rings is 1. The SMILES string of the molecule is CS(=O)CCCN1CCNC(Cc2ccccc2)C1. The number of hydrogen-bond acceptors (Lipinski definition) is 3. The van der Waals surface area contributed by atoms with E-state index in [2.05, 4.69) is 40.5 Å². The normalized spacial score (nSPS) is 22.3. The molecule has 0 bridgehead atoms. The average molecular weight is 280 g/mol. The van der Waals surface area contributed by atoms with Gasteiger partial charge in [-0.1, -0.05) is 30.3 Å². The molecule has 106 valence electrons. The van der Waals surface area contributed by atoms with Crippen molar-refractivity contribution in [3.05, 3.63) is 35.9 Å². The summed E-state index contributed by atoms with van der Waals surface area (Å²) in [5.41, 5.74) is 1.40. The number of benzene rings is 1. The average Bonchev–Trinajstić information content (AvgIpc) is 2.40. The van der Waals surface area contributed by atoms with E-state index in [4.69, 9.17) is 0 Å². The molecule has 0 aromatic heterocycles. The Morgan fingerprint density at radius 2 is 2.16 bits per heavy atom. The van der Waals surface area contributed by atoms with E-state index in [1.165, 1.54) is 5.56 Å². The Labute approximate surface area is 118 Å². The third kappa shape index (κ3) is 5.43. The molecule has 4 heteroatoms. The second kappa shape index (κ2) is 7.78. The predicted molar refractivity (Wildman–Crippen MR) is 81.9 cm³/mol. The maximum Gasteiger partial charge on any atom is 0.0244 e. The van der Waals surface area contributed by atoms with Crippen molar-refractivity contribution in [1.82, 2.24) is 10.2 Å². The van der Waals surface area contributed by atoms with Gasteiger partial charge in [-0.3, -0.25) is 4.21 Å². The minimum Gasteiger partial charge on any atom is -0.311 e. The lowest BCUT2D eigenvalue weighted by molar-refractivity contribution is 0.200. The zero-order chi connectivity index (χ0) is 13.5. The molecule has 2 unspecified atom stereocenters. The monoisotopic (exact) mass is 280 g/mol. The Bertz CT molecular complexity index is 396. The summed E-state index contributed by atoms with van der Waals surface area (Å²) in [6.07, 6.45) is 3.92. The van der Waals surface area contributed by atoms with Gasteiger partial charge >= 0.3 is 0 Å². The Kier molecular flexibility index (Phi) is 6.01. The van der Waals surface area contributed by atoms with Gasteiger partial charge in [0.25, 0.3) is 0 Å². The number of hydrogen-bond donors (Lipinski definition) is 1. The summed E-state index contributed by atoms with van der Waals surface area (Å²) in [6, 6.07) is 11.2. The third-order valence-electron chi connectivity index (χ3n) is 3.57.